The molecule has 0 aromatic carbocycles. The zero-order valence-corrected chi connectivity index (χ0v) is 11.2. The summed E-state index contributed by atoms with van der Waals surface area (Å²) in [5.41, 5.74) is 0. The van der Waals surface area contributed by atoms with Crippen LogP contribution in [0.5, 0.6) is 0 Å². The van der Waals surface area contributed by atoms with Gasteiger partial charge in [0.25, 0.3) is 0 Å². The zero-order valence-electron chi connectivity index (χ0n) is 11.2. The average Bonchev–Trinajstić information content (AvgIpc) is 2.40. The molecule has 0 radical (unpaired) electrons. The van der Waals surface area contributed by atoms with E-state index in [4.69, 9.17) is 9.47 Å². The summed E-state index contributed by atoms with van der Waals surface area (Å²) in [5.74, 6) is 0. The Balaban J connectivity index is 0.000000316. The van der Waals surface area contributed by atoms with Gasteiger partial charge in [0.05, 0.1) is 26.4 Å². The van der Waals surface area contributed by atoms with E-state index >= 15 is 0 Å². The van der Waals surface area contributed by atoms with Gasteiger partial charge in [-0.1, -0.05) is 13.3 Å². The standard InChI is InChI=1S/C8H17NO.C4H9NO.H3N/c1-2-3-4-9-5-7-10-8-6-9;1-3-6-4-2-5-1;/h2-8H2,1H3;5H,1-4H2;1H3. The maximum atomic E-state index is 5.24. The molecule has 2 saturated heterocycles. The number of morpholine rings is 2. The lowest BCUT2D eigenvalue weighted by atomic mass is 10.3. The second-order valence-corrected chi connectivity index (χ2v) is 4.17. The van der Waals surface area contributed by atoms with Gasteiger partial charge in [0.15, 0.2) is 0 Å². The van der Waals surface area contributed by atoms with E-state index in [2.05, 4.69) is 17.1 Å². The van der Waals surface area contributed by atoms with Crippen LogP contribution in [0.4, 0.5) is 0 Å². The second-order valence-electron chi connectivity index (χ2n) is 4.17. The minimum absolute atomic E-state index is 0. The number of ether oxygens (including phenoxy) is 2. The Hall–Kier alpha value is -0.200. The van der Waals surface area contributed by atoms with Crippen LogP contribution < -0.4 is 11.5 Å². The molecule has 5 nitrogen and oxygen atoms in total. The summed E-state index contributed by atoms with van der Waals surface area (Å²) in [4.78, 5) is 2.48. The molecular formula is C12H29N3O2. The third kappa shape index (κ3) is 9.50. The van der Waals surface area contributed by atoms with Crippen LogP contribution in [0.2, 0.25) is 0 Å². The third-order valence-electron chi connectivity index (χ3n) is 2.78. The van der Waals surface area contributed by atoms with Gasteiger partial charge in [0.2, 0.25) is 0 Å². The Morgan fingerprint density at radius 2 is 1.59 bits per heavy atom. The van der Waals surface area contributed by atoms with Gasteiger partial charge in [-0.05, 0) is 13.0 Å². The maximum Gasteiger partial charge on any atom is 0.0594 e. The van der Waals surface area contributed by atoms with E-state index < -0.39 is 0 Å². The smallest absolute Gasteiger partial charge is 0.0594 e. The zero-order chi connectivity index (χ0) is 11.5. The fraction of sp³-hybridized carbons (Fsp3) is 1.00. The predicted molar refractivity (Wildman–Crippen MR) is 70.9 cm³/mol. The van der Waals surface area contributed by atoms with E-state index in [-0.39, 0.29) is 6.15 Å². The van der Waals surface area contributed by atoms with Crippen molar-refractivity contribution in [3.05, 3.63) is 0 Å². The lowest BCUT2D eigenvalue weighted by molar-refractivity contribution is 0.0373. The minimum Gasteiger partial charge on any atom is -0.379 e. The highest BCUT2D eigenvalue weighted by atomic mass is 16.5. The summed E-state index contributed by atoms with van der Waals surface area (Å²) in [6.45, 7) is 11.5. The van der Waals surface area contributed by atoms with Gasteiger partial charge in [-0.25, -0.2) is 0 Å². The molecule has 2 heterocycles. The fourth-order valence-electron chi connectivity index (χ4n) is 1.72. The summed E-state index contributed by atoms with van der Waals surface area (Å²) in [6, 6.07) is 0. The van der Waals surface area contributed by atoms with Gasteiger partial charge in [0, 0.05) is 26.2 Å². The van der Waals surface area contributed by atoms with Crippen LogP contribution in [-0.2, 0) is 9.47 Å². The van der Waals surface area contributed by atoms with E-state index in [1.165, 1.54) is 19.4 Å². The van der Waals surface area contributed by atoms with Crippen molar-refractivity contribution in [3.8, 4) is 0 Å². The van der Waals surface area contributed by atoms with Crippen molar-refractivity contribution in [2.45, 2.75) is 19.8 Å². The van der Waals surface area contributed by atoms with Crippen molar-refractivity contribution >= 4 is 0 Å². The minimum atomic E-state index is 0. The van der Waals surface area contributed by atoms with Gasteiger partial charge in [0.1, 0.15) is 0 Å². The number of rotatable bonds is 3. The predicted octanol–water partition coefficient (Wildman–Crippen LogP) is 0.887. The van der Waals surface area contributed by atoms with Crippen LogP contribution in [0.3, 0.4) is 0 Å². The summed E-state index contributed by atoms with van der Waals surface area (Å²) in [5, 5.41) is 3.16. The van der Waals surface area contributed by atoms with Gasteiger partial charge >= 0.3 is 0 Å². The maximum absolute atomic E-state index is 5.24. The molecule has 0 unspecified atom stereocenters. The molecule has 104 valence electrons. The number of unbranched alkanes of at least 4 members (excludes halogenated alkanes) is 1. The quantitative estimate of drug-likeness (QED) is 0.775. The number of hydrogen-bond acceptors (Lipinski definition) is 5. The van der Waals surface area contributed by atoms with Crippen LogP contribution in [0.15, 0.2) is 0 Å². The summed E-state index contributed by atoms with van der Waals surface area (Å²) in [6.07, 6.45) is 2.64. The highest BCUT2D eigenvalue weighted by molar-refractivity contribution is 4.60. The lowest BCUT2D eigenvalue weighted by Gasteiger charge is -2.26. The Bertz CT molecular complexity index is 137. The monoisotopic (exact) mass is 247 g/mol. The van der Waals surface area contributed by atoms with E-state index in [0.717, 1.165) is 52.6 Å². The Labute approximate surface area is 105 Å². The molecular weight excluding hydrogens is 218 g/mol. The van der Waals surface area contributed by atoms with Crippen molar-refractivity contribution in [2.24, 2.45) is 0 Å². The molecule has 0 spiro atoms. The highest BCUT2D eigenvalue weighted by Crippen LogP contribution is 1.98. The number of nitrogens with one attached hydrogen (secondary N) is 1. The molecule has 2 rings (SSSR count). The molecule has 2 aliphatic heterocycles. The molecule has 0 bridgehead atoms. The van der Waals surface area contributed by atoms with Gasteiger partial charge in [-0.2, -0.15) is 0 Å². The van der Waals surface area contributed by atoms with E-state index in [9.17, 15) is 0 Å². The average molecular weight is 247 g/mol. The molecule has 0 aromatic rings. The van der Waals surface area contributed by atoms with Crippen molar-refractivity contribution in [1.82, 2.24) is 16.4 Å². The van der Waals surface area contributed by atoms with Crippen LogP contribution in [-0.4, -0.2) is 64.1 Å². The number of hydrogen-bond donors (Lipinski definition) is 2. The van der Waals surface area contributed by atoms with Crippen molar-refractivity contribution in [2.75, 3.05) is 59.2 Å². The first-order chi connectivity index (χ1) is 7.93. The molecule has 2 aliphatic rings. The summed E-state index contributed by atoms with van der Waals surface area (Å²) in [7, 11) is 0. The Morgan fingerprint density at radius 1 is 1.00 bits per heavy atom. The fourth-order valence-corrected chi connectivity index (χ4v) is 1.72. The molecule has 0 atom stereocenters. The van der Waals surface area contributed by atoms with Crippen LogP contribution in [0.1, 0.15) is 19.8 Å². The molecule has 4 N–H and O–H groups in total. The first kappa shape index (κ1) is 16.8. The summed E-state index contributed by atoms with van der Waals surface area (Å²) < 4.78 is 10.2. The molecule has 5 heteroatoms. The Kier molecular flexibility index (Phi) is 12.1. The van der Waals surface area contributed by atoms with Crippen LogP contribution in [0.25, 0.3) is 0 Å². The van der Waals surface area contributed by atoms with E-state index in [0.29, 0.717) is 0 Å². The molecule has 2 fully saturated rings. The van der Waals surface area contributed by atoms with Gasteiger partial charge in [-0.15, -0.1) is 0 Å². The molecule has 0 aliphatic carbocycles. The van der Waals surface area contributed by atoms with E-state index in [1.807, 2.05) is 0 Å². The lowest BCUT2D eigenvalue weighted by Crippen LogP contribution is -2.36. The topological polar surface area (TPSA) is 68.7 Å². The van der Waals surface area contributed by atoms with Crippen LogP contribution >= 0.6 is 0 Å². The molecule has 17 heavy (non-hydrogen) atoms. The van der Waals surface area contributed by atoms with Gasteiger partial charge in [-0.3, -0.25) is 4.90 Å². The SMILES string of the molecule is C1COCCN1.CCCCN1CCOCC1.N. The van der Waals surface area contributed by atoms with Crippen LogP contribution in [0, 0.1) is 0 Å². The van der Waals surface area contributed by atoms with Crippen molar-refractivity contribution in [3.63, 3.8) is 0 Å². The summed E-state index contributed by atoms with van der Waals surface area (Å²) >= 11 is 0. The third-order valence-corrected chi connectivity index (χ3v) is 2.78. The first-order valence-corrected chi connectivity index (χ1v) is 6.52. The molecule has 0 saturated carbocycles. The normalized spacial score (nSPS) is 21.0. The second kappa shape index (κ2) is 12.3. The Morgan fingerprint density at radius 3 is 2.00 bits per heavy atom. The molecule has 0 amide bonds. The highest BCUT2D eigenvalue weighted by Gasteiger charge is 2.07. The van der Waals surface area contributed by atoms with Gasteiger partial charge < -0.3 is 20.9 Å². The molecule has 0 aromatic heterocycles. The first-order valence-electron chi connectivity index (χ1n) is 6.52. The van der Waals surface area contributed by atoms with Crippen molar-refractivity contribution in [1.29, 1.82) is 0 Å². The largest absolute Gasteiger partial charge is 0.379 e. The number of nitrogens with zero attached hydrogens (tertiary/aromatic N) is 1. The van der Waals surface area contributed by atoms with Crippen molar-refractivity contribution < 1.29 is 9.47 Å². The van der Waals surface area contributed by atoms with E-state index in [1.54, 1.807) is 0 Å².